The molecule has 0 radical (unpaired) electrons. The summed E-state index contributed by atoms with van der Waals surface area (Å²) in [6.07, 6.45) is 4.79. The van der Waals surface area contributed by atoms with Gasteiger partial charge in [0, 0.05) is 24.0 Å². The van der Waals surface area contributed by atoms with Gasteiger partial charge in [0.1, 0.15) is 5.54 Å². The standard InChI is InChI=1S/C15H26N2O2/c1-9(8-10-4-5-10)17-13(18)15(16)11-6-7-19-12(11)14(15,2)3/h9-12H,4-8,16H2,1-3H3,(H,17,18). The van der Waals surface area contributed by atoms with E-state index < -0.39 is 5.54 Å². The normalized spacial score (nSPS) is 41.3. The summed E-state index contributed by atoms with van der Waals surface area (Å²) in [5.41, 5.74) is 5.49. The zero-order valence-corrected chi connectivity index (χ0v) is 12.2. The van der Waals surface area contributed by atoms with Gasteiger partial charge in [0.15, 0.2) is 0 Å². The van der Waals surface area contributed by atoms with E-state index in [1.165, 1.54) is 12.8 Å². The first-order chi connectivity index (χ1) is 8.87. The number of hydrogen-bond acceptors (Lipinski definition) is 3. The zero-order chi connectivity index (χ0) is 13.8. The molecule has 0 bridgehead atoms. The molecular weight excluding hydrogens is 240 g/mol. The summed E-state index contributed by atoms with van der Waals surface area (Å²) in [6.45, 7) is 6.95. The summed E-state index contributed by atoms with van der Waals surface area (Å²) < 4.78 is 5.73. The second-order valence-electron chi connectivity index (χ2n) is 7.33. The van der Waals surface area contributed by atoms with E-state index in [0.717, 1.165) is 25.4 Å². The lowest BCUT2D eigenvalue weighted by Crippen LogP contribution is -2.80. The Labute approximate surface area is 115 Å². The number of nitrogens with two attached hydrogens (primary N) is 1. The summed E-state index contributed by atoms with van der Waals surface area (Å²) in [5.74, 6) is 1.04. The Hall–Kier alpha value is -0.610. The van der Waals surface area contributed by atoms with Gasteiger partial charge in [-0.05, 0) is 25.7 Å². The summed E-state index contributed by atoms with van der Waals surface area (Å²) in [5, 5.41) is 3.14. The number of amides is 1. The van der Waals surface area contributed by atoms with Crippen molar-refractivity contribution in [2.24, 2.45) is 23.0 Å². The van der Waals surface area contributed by atoms with Crippen LogP contribution in [0.15, 0.2) is 0 Å². The van der Waals surface area contributed by atoms with Crippen LogP contribution in [0.5, 0.6) is 0 Å². The van der Waals surface area contributed by atoms with E-state index in [0.29, 0.717) is 0 Å². The van der Waals surface area contributed by atoms with Gasteiger partial charge in [0.05, 0.1) is 6.10 Å². The Morgan fingerprint density at radius 3 is 2.74 bits per heavy atom. The van der Waals surface area contributed by atoms with Crippen molar-refractivity contribution in [1.82, 2.24) is 5.32 Å². The molecule has 2 aliphatic carbocycles. The number of carbonyl (C=O) groups is 1. The molecule has 0 aromatic rings. The second kappa shape index (κ2) is 4.19. The minimum absolute atomic E-state index is 0.0254. The van der Waals surface area contributed by atoms with Crippen molar-refractivity contribution in [3.05, 3.63) is 0 Å². The molecule has 4 atom stereocenters. The molecule has 1 amide bonds. The first-order valence-corrected chi connectivity index (χ1v) is 7.59. The van der Waals surface area contributed by atoms with Gasteiger partial charge in [0.25, 0.3) is 0 Å². The van der Waals surface area contributed by atoms with Gasteiger partial charge in [-0.25, -0.2) is 0 Å². The van der Waals surface area contributed by atoms with Crippen LogP contribution in [-0.2, 0) is 9.53 Å². The van der Waals surface area contributed by atoms with Gasteiger partial charge in [-0.2, -0.15) is 0 Å². The van der Waals surface area contributed by atoms with Crippen molar-refractivity contribution in [3.63, 3.8) is 0 Å². The largest absolute Gasteiger partial charge is 0.377 e. The van der Waals surface area contributed by atoms with Gasteiger partial charge < -0.3 is 15.8 Å². The highest BCUT2D eigenvalue weighted by Gasteiger charge is 2.71. The van der Waals surface area contributed by atoms with E-state index in [9.17, 15) is 4.79 Å². The van der Waals surface area contributed by atoms with E-state index in [-0.39, 0.29) is 29.4 Å². The summed E-state index contributed by atoms with van der Waals surface area (Å²) in [4.78, 5) is 12.6. The third kappa shape index (κ3) is 1.83. The van der Waals surface area contributed by atoms with Crippen molar-refractivity contribution in [2.45, 2.75) is 64.1 Å². The van der Waals surface area contributed by atoms with Crippen LogP contribution in [0.3, 0.4) is 0 Å². The van der Waals surface area contributed by atoms with E-state index in [4.69, 9.17) is 10.5 Å². The van der Waals surface area contributed by atoms with Gasteiger partial charge in [-0.3, -0.25) is 4.79 Å². The molecule has 4 unspecified atom stereocenters. The van der Waals surface area contributed by atoms with Crippen LogP contribution in [0.1, 0.15) is 46.5 Å². The van der Waals surface area contributed by atoms with Crippen LogP contribution in [0.2, 0.25) is 0 Å². The number of ether oxygens (including phenoxy) is 1. The predicted octanol–water partition coefficient (Wildman–Crippen LogP) is 1.43. The zero-order valence-electron chi connectivity index (χ0n) is 12.2. The molecule has 108 valence electrons. The summed E-state index contributed by atoms with van der Waals surface area (Å²) >= 11 is 0. The molecular formula is C15H26N2O2. The van der Waals surface area contributed by atoms with Crippen LogP contribution < -0.4 is 11.1 Å². The summed E-state index contributed by atoms with van der Waals surface area (Å²) in [6, 6.07) is 0.234. The van der Waals surface area contributed by atoms with Gasteiger partial charge in [0.2, 0.25) is 5.91 Å². The predicted molar refractivity (Wildman–Crippen MR) is 73.5 cm³/mol. The lowest BCUT2D eigenvalue weighted by Gasteiger charge is -2.60. The van der Waals surface area contributed by atoms with Gasteiger partial charge in [-0.15, -0.1) is 0 Å². The molecule has 1 heterocycles. The minimum Gasteiger partial charge on any atom is -0.377 e. The van der Waals surface area contributed by atoms with Crippen molar-refractivity contribution < 1.29 is 9.53 Å². The van der Waals surface area contributed by atoms with Crippen molar-refractivity contribution in [2.75, 3.05) is 6.61 Å². The highest BCUT2D eigenvalue weighted by molar-refractivity contribution is 5.89. The third-order valence-electron chi connectivity index (χ3n) is 5.59. The van der Waals surface area contributed by atoms with Gasteiger partial charge in [-0.1, -0.05) is 26.7 Å². The quantitative estimate of drug-likeness (QED) is 0.809. The Bertz CT molecular complexity index is 392. The van der Waals surface area contributed by atoms with Crippen LogP contribution in [0.25, 0.3) is 0 Å². The fourth-order valence-electron chi connectivity index (χ4n) is 4.10. The monoisotopic (exact) mass is 266 g/mol. The highest BCUT2D eigenvalue weighted by Crippen LogP contribution is 2.58. The van der Waals surface area contributed by atoms with Crippen LogP contribution in [0, 0.1) is 17.3 Å². The summed E-state index contributed by atoms with van der Waals surface area (Å²) in [7, 11) is 0. The molecule has 3 N–H and O–H groups in total. The molecule has 1 saturated heterocycles. The Morgan fingerprint density at radius 1 is 1.42 bits per heavy atom. The molecule has 0 aromatic carbocycles. The Balaban J connectivity index is 1.67. The van der Waals surface area contributed by atoms with E-state index >= 15 is 0 Å². The second-order valence-corrected chi connectivity index (χ2v) is 7.33. The van der Waals surface area contributed by atoms with E-state index in [2.05, 4.69) is 26.1 Å². The number of nitrogens with one attached hydrogen (secondary N) is 1. The number of carbonyl (C=O) groups excluding carboxylic acids is 1. The molecule has 2 saturated carbocycles. The fraction of sp³-hybridized carbons (Fsp3) is 0.933. The molecule has 3 aliphatic rings. The average Bonchev–Trinajstić information content (AvgIpc) is 3.01. The fourth-order valence-corrected chi connectivity index (χ4v) is 4.10. The molecule has 4 nitrogen and oxygen atoms in total. The van der Waals surface area contributed by atoms with E-state index in [1.807, 2.05) is 0 Å². The Kier molecular flexibility index (Phi) is 2.95. The van der Waals surface area contributed by atoms with Crippen LogP contribution in [0.4, 0.5) is 0 Å². The molecule has 3 fully saturated rings. The average molecular weight is 266 g/mol. The van der Waals surface area contributed by atoms with Gasteiger partial charge >= 0.3 is 0 Å². The highest BCUT2D eigenvalue weighted by atomic mass is 16.5. The number of fused-ring (bicyclic) bond motifs is 1. The maximum absolute atomic E-state index is 12.6. The molecule has 1 aliphatic heterocycles. The van der Waals surface area contributed by atoms with Crippen molar-refractivity contribution >= 4 is 5.91 Å². The maximum Gasteiger partial charge on any atom is 0.241 e. The Morgan fingerprint density at radius 2 is 2.11 bits per heavy atom. The minimum atomic E-state index is -0.758. The van der Waals surface area contributed by atoms with E-state index in [1.54, 1.807) is 0 Å². The topological polar surface area (TPSA) is 64.4 Å². The molecule has 0 spiro atoms. The molecule has 4 heteroatoms. The lowest BCUT2D eigenvalue weighted by molar-refractivity contribution is -0.175. The first kappa shape index (κ1) is 13.4. The lowest BCUT2D eigenvalue weighted by atomic mass is 9.48. The smallest absolute Gasteiger partial charge is 0.241 e. The van der Waals surface area contributed by atoms with Crippen LogP contribution in [-0.4, -0.2) is 30.2 Å². The third-order valence-corrected chi connectivity index (χ3v) is 5.59. The molecule has 19 heavy (non-hydrogen) atoms. The molecule has 3 rings (SSSR count). The van der Waals surface area contributed by atoms with Crippen molar-refractivity contribution in [1.29, 1.82) is 0 Å². The SMILES string of the molecule is CC(CC1CC1)NC(=O)C1(N)C2CCOC2C1(C)C. The molecule has 0 aromatic heterocycles. The first-order valence-electron chi connectivity index (χ1n) is 7.59. The number of rotatable bonds is 4. The van der Waals surface area contributed by atoms with Crippen molar-refractivity contribution in [3.8, 4) is 0 Å². The maximum atomic E-state index is 12.6. The van der Waals surface area contributed by atoms with Crippen LogP contribution >= 0.6 is 0 Å². The number of hydrogen-bond donors (Lipinski definition) is 2.